The third-order valence-corrected chi connectivity index (χ3v) is 8.46. The SMILES string of the molecule is Cc1cccc(C(C)(CCCCC(C)(C)C#N)c2cnc(-c3cc(Oc4c(F)cc5[nH]ccc5c4CC(=O)O)ccc3F)[nH]2)c1. The molecule has 0 aliphatic carbocycles. The summed E-state index contributed by atoms with van der Waals surface area (Å²) < 4.78 is 36.4. The number of aromatic amines is 2. The van der Waals surface area contributed by atoms with E-state index < -0.39 is 34.9 Å². The van der Waals surface area contributed by atoms with Crippen molar-refractivity contribution in [1.29, 1.82) is 5.26 Å². The standard InChI is InChI=1S/C36H36F2N4O3/c1-22-8-7-9-23(16-22)36(4,14-6-5-13-35(2,3)21-39)31-20-41-34(42-31)27-17-24(10-11-28(27)37)45-33-26(18-32(43)44)25-12-15-40-30(25)19-29(33)38/h7-12,15-17,19-20,40H,5-6,13-14,18H2,1-4H3,(H,41,42)(H,43,44). The highest BCUT2D eigenvalue weighted by Crippen LogP contribution is 2.40. The van der Waals surface area contributed by atoms with Crippen molar-refractivity contribution < 1.29 is 23.4 Å². The van der Waals surface area contributed by atoms with Crippen LogP contribution in [-0.2, 0) is 16.6 Å². The van der Waals surface area contributed by atoms with E-state index in [1.165, 1.54) is 24.3 Å². The van der Waals surface area contributed by atoms with Crippen molar-refractivity contribution in [2.45, 2.75) is 65.2 Å². The first-order valence-corrected chi connectivity index (χ1v) is 14.9. The zero-order chi connectivity index (χ0) is 32.4. The van der Waals surface area contributed by atoms with Gasteiger partial charge in [0.25, 0.3) is 0 Å². The predicted octanol–water partition coefficient (Wildman–Crippen LogP) is 8.98. The first kappa shape index (κ1) is 31.5. The highest BCUT2D eigenvalue weighted by molar-refractivity contribution is 5.89. The number of nitrogens with zero attached hydrogens (tertiary/aromatic N) is 2. The van der Waals surface area contributed by atoms with Gasteiger partial charge < -0.3 is 19.8 Å². The lowest BCUT2D eigenvalue weighted by atomic mass is 9.74. The number of unbranched alkanes of at least 4 members (excludes halogenated alkanes) is 1. The molecule has 1 atom stereocenters. The number of fused-ring (bicyclic) bond motifs is 1. The molecule has 0 fully saturated rings. The van der Waals surface area contributed by atoms with Gasteiger partial charge in [-0.3, -0.25) is 4.79 Å². The van der Waals surface area contributed by atoms with Crippen molar-refractivity contribution in [3.8, 4) is 29.0 Å². The maximum absolute atomic E-state index is 15.3. The molecule has 5 rings (SSSR count). The second kappa shape index (κ2) is 12.6. The number of carbonyl (C=O) groups is 1. The lowest BCUT2D eigenvalue weighted by Crippen LogP contribution is -2.24. The quantitative estimate of drug-likeness (QED) is 0.122. The highest BCUT2D eigenvalue weighted by atomic mass is 19.1. The van der Waals surface area contributed by atoms with Crippen molar-refractivity contribution in [3.63, 3.8) is 0 Å². The van der Waals surface area contributed by atoms with E-state index in [-0.39, 0.29) is 28.5 Å². The summed E-state index contributed by atoms with van der Waals surface area (Å²) in [5.74, 6) is -2.24. The number of nitrogens with one attached hydrogen (secondary N) is 2. The molecule has 0 aliphatic rings. The number of carboxylic acids is 1. The van der Waals surface area contributed by atoms with Crippen LogP contribution in [0, 0.1) is 35.3 Å². The van der Waals surface area contributed by atoms with Gasteiger partial charge in [0.1, 0.15) is 17.4 Å². The fraction of sp³-hybridized carbons (Fsp3) is 0.306. The van der Waals surface area contributed by atoms with Crippen LogP contribution in [0.1, 0.15) is 68.8 Å². The molecule has 0 saturated carbocycles. The van der Waals surface area contributed by atoms with Crippen molar-refractivity contribution in [2.75, 3.05) is 0 Å². The largest absolute Gasteiger partial charge is 0.481 e. The van der Waals surface area contributed by atoms with Crippen LogP contribution in [0.15, 0.2) is 67.0 Å². The number of nitriles is 1. The number of H-pyrrole nitrogens is 2. The molecule has 7 nitrogen and oxygen atoms in total. The lowest BCUT2D eigenvalue weighted by molar-refractivity contribution is -0.136. The zero-order valence-electron chi connectivity index (χ0n) is 25.8. The van der Waals surface area contributed by atoms with E-state index in [9.17, 15) is 15.2 Å². The molecule has 0 aliphatic heterocycles. The van der Waals surface area contributed by atoms with Crippen molar-refractivity contribution >= 4 is 16.9 Å². The lowest BCUT2D eigenvalue weighted by Gasteiger charge is -2.30. The molecule has 9 heteroatoms. The summed E-state index contributed by atoms with van der Waals surface area (Å²) >= 11 is 0. The second-order valence-electron chi connectivity index (χ2n) is 12.5. The molecule has 3 aromatic carbocycles. The molecule has 2 heterocycles. The normalized spacial score (nSPS) is 13.0. The molecule has 2 aromatic heterocycles. The minimum atomic E-state index is -1.14. The van der Waals surface area contributed by atoms with Gasteiger partial charge >= 0.3 is 5.97 Å². The third kappa shape index (κ3) is 6.75. The monoisotopic (exact) mass is 610 g/mol. The van der Waals surface area contributed by atoms with E-state index in [0.29, 0.717) is 10.9 Å². The number of aryl methyl sites for hydroxylation is 1. The van der Waals surface area contributed by atoms with Gasteiger partial charge in [-0.25, -0.2) is 13.8 Å². The van der Waals surface area contributed by atoms with Gasteiger partial charge in [0.15, 0.2) is 11.6 Å². The molecule has 45 heavy (non-hydrogen) atoms. The number of rotatable bonds is 12. The van der Waals surface area contributed by atoms with Gasteiger partial charge in [-0.1, -0.05) is 42.7 Å². The van der Waals surface area contributed by atoms with Crippen LogP contribution in [0.2, 0.25) is 0 Å². The van der Waals surface area contributed by atoms with Crippen molar-refractivity contribution in [1.82, 2.24) is 15.0 Å². The van der Waals surface area contributed by atoms with Crippen LogP contribution in [-0.4, -0.2) is 26.0 Å². The third-order valence-electron chi connectivity index (χ3n) is 8.46. The fourth-order valence-electron chi connectivity index (χ4n) is 5.79. The molecule has 3 N–H and O–H groups in total. The molecule has 0 spiro atoms. The van der Waals surface area contributed by atoms with Crippen LogP contribution in [0.25, 0.3) is 22.3 Å². The average Bonchev–Trinajstić information content (AvgIpc) is 3.68. The van der Waals surface area contributed by atoms with Gasteiger partial charge in [-0.05, 0) is 70.4 Å². The molecule has 232 valence electrons. The van der Waals surface area contributed by atoms with Gasteiger partial charge in [0.2, 0.25) is 0 Å². The minimum absolute atomic E-state index is 0.129. The first-order valence-electron chi connectivity index (χ1n) is 14.9. The van der Waals surface area contributed by atoms with E-state index in [2.05, 4.69) is 40.1 Å². The summed E-state index contributed by atoms with van der Waals surface area (Å²) in [7, 11) is 0. The Kier molecular flexibility index (Phi) is 8.78. The van der Waals surface area contributed by atoms with Crippen LogP contribution >= 0.6 is 0 Å². The maximum atomic E-state index is 15.3. The van der Waals surface area contributed by atoms with Crippen LogP contribution in [0.5, 0.6) is 11.5 Å². The summed E-state index contributed by atoms with van der Waals surface area (Å²) in [6, 6.07) is 17.6. The Balaban J connectivity index is 1.48. The smallest absolute Gasteiger partial charge is 0.307 e. The summed E-state index contributed by atoms with van der Waals surface area (Å²) in [5.41, 5.74) is 2.91. The van der Waals surface area contributed by atoms with Gasteiger partial charge in [0, 0.05) is 46.0 Å². The number of carboxylic acid groups (broad SMARTS) is 1. The number of aliphatic carboxylic acids is 1. The predicted molar refractivity (Wildman–Crippen MR) is 169 cm³/mol. The Morgan fingerprint density at radius 3 is 2.56 bits per heavy atom. The Bertz CT molecular complexity index is 1900. The van der Waals surface area contributed by atoms with E-state index in [4.69, 9.17) is 4.74 Å². The molecular formula is C36H36F2N4O3. The minimum Gasteiger partial charge on any atom is -0.481 e. The number of hydrogen-bond donors (Lipinski definition) is 3. The Labute approximate surface area is 260 Å². The molecule has 5 aromatic rings. The molecule has 0 bridgehead atoms. The van der Waals surface area contributed by atoms with Crippen LogP contribution < -0.4 is 4.74 Å². The van der Waals surface area contributed by atoms with Gasteiger partial charge in [-0.15, -0.1) is 0 Å². The molecule has 1 unspecified atom stereocenters. The number of halogens is 2. The number of imidazole rings is 1. The first-order chi connectivity index (χ1) is 21.4. The number of ether oxygens (including phenoxy) is 1. The van der Waals surface area contributed by atoms with Crippen molar-refractivity contribution in [2.24, 2.45) is 5.41 Å². The Morgan fingerprint density at radius 1 is 1.04 bits per heavy atom. The molecular weight excluding hydrogens is 574 g/mol. The topological polar surface area (TPSA) is 115 Å². The van der Waals surface area contributed by atoms with E-state index >= 15 is 8.78 Å². The maximum Gasteiger partial charge on any atom is 0.307 e. The Morgan fingerprint density at radius 2 is 1.82 bits per heavy atom. The van der Waals surface area contributed by atoms with E-state index in [0.717, 1.165) is 42.5 Å². The Hall–Kier alpha value is -4.97. The molecule has 0 amide bonds. The fourth-order valence-corrected chi connectivity index (χ4v) is 5.79. The summed E-state index contributed by atoms with van der Waals surface area (Å²) in [4.78, 5) is 22.4. The molecule has 0 saturated heterocycles. The summed E-state index contributed by atoms with van der Waals surface area (Å²) in [6.45, 7) is 8.06. The van der Waals surface area contributed by atoms with Crippen molar-refractivity contribution in [3.05, 3.63) is 101 Å². The van der Waals surface area contributed by atoms with Gasteiger partial charge in [-0.2, -0.15) is 5.26 Å². The average molecular weight is 611 g/mol. The highest BCUT2D eigenvalue weighted by Gasteiger charge is 2.32. The van der Waals surface area contributed by atoms with E-state index in [1.807, 2.05) is 32.9 Å². The molecule has 0 radical (unpaired) electrons. The number of benzene rings is 3. The summed E-state index contributed by atoms with van der Waals surface area (Å²) in [5, 5.41) is 19.4. The number of hydrogen-bond acceptors (Lipinski definition) is 4. The van der Waals surface area contributed by atoms with Crippen LogP contribution in [0.3, 0.4) is 0 Å². The second-order valence-corrected chi connectivity index (χ2v) is 12.5. The zero-order valence-corrected chi connectivity index (χ0v) is 25.8. The number of aromatic nitrogens is 3. The van der Waals surface area contributed by atoms with Gasteiger partial charge in [0.05, 0.1) is 23.5 Å². The summed E-state index contributed by atoms with van der Waals surface area (Å²) in [6.07, 6.45) is 6.17. The van der Waals surface area contributed by atoms with E-state index in [1.54, 1.807) is 18.5 Å². The van der Waals surface area contributed by atoms with Crippen LogP contribution in [0.4, 0.5) is 8.78 Å².